The largest absolute Gasteiger partial charge is 0.444 e. The molecule has 1 N–H and O–H groups in total. The molecule has 1 aromatic rings. The predicted octanol–water partition coefficient (Wildman–Crippen LogP) is 2.94. The number of hydrogen-bond donors (Lipinski definition) is 1. The minimum Gasteiger partial charge on any atom is -0.444 e. The Hall–Kier alpha value is -2.12. The van der Waals surface area contributed by atoms with E-state index in [9.17, 15) is 14.9 Å². The number of aryl methyl sites for hydroxylation is 1. The van der Waals surface area contributed by atoms with E-state index in [1.807, 2.05) is 6.92 Å². The summed E-state index contributed by atoms with van der Waals surface area (Å²) in [4.78, 5) is 21.8. The molecule has 0 saturated heterocycles. The van der Waals surface area contributed by atoms with E-state index in [0.717, 1.165) is 12.8 Å². The van der Waals surface area contributed by atoms with Gasteiger partial charge in [-0.2, -0.15) is 4.68 Å². The maximum absolute atomic E-state index is 11.7. The van der Waals surface area contributed by atoms with Gasteiger partial charge in [-0.15, -0.1) is 0 Å². The fourth-order valence-electron chi connectivity index (χ4n) is 1.48. The third-order valence-electron chi connectivity index (χ3n) is 2.31. The van der Waals surface area contributed by atoms with Crippen LogP contribution in [0.5, 0.6) is 0 Å². The Morgan fingerprint density at radius 3 is 2.70 bits per heavy atom. The average Bonchev–Trinajstić information content (AvgIpc) is 2.67. The number of aromatic nitrogens is 2. The van der Waals surface area contributed by atoms with Crippen molar-refractivity contribution in [3.8, 4) is 0 Å². The molecule has 0 radical (unpaired) electrons. The summed E-state index contributed by atoms with van der Waals surface area (Å²) in [6, 6.07) is 1.22. The van der Waals surface area contributed by atoms with Crippen molar-refractivity contribution in [1.29, 1.82) is 0 Å². The number of amides is 1. The van der Waals surface area contributed by atoms with Crippen LogP contribution in [-0.2, 0) is 11.3 Å². The van der Waals surface area contributed by atoms with Crippen LogP contribution in [0.25, 0.3) is 0 Å². The number of hydrogen-bond acceptors (Lipinski definition) is 5. The number of nitrogens with zero attached hydrogens (tertiary/aromatic N) is 3. The minimum atomic E-state index is -0.662. The van der Waals surface area contributed by atoms with Crippen LogP contribution in [0.1, 0.15) is 40.5 Å². The number of nitrogens with one attached hydrogen (secondary N) is 1. The van der Waals surface area contributed by atoms with Gasteiger partial charge in [-0.3, -0.25) is 5.32 Å². The van der Waals surface area contributed by atoms with Gasteiger partial charge in [-0.1, -0.05) is 13.3 Å². The second-order valence-corrected chi connectivity index (χ2v) is 5.35. The lowest BCUT2D eigenvalue weighted by atomic mass is 10.2. The molecule has 1 amide bonds. The maximum atomic E-state index is 11.7. The summed E-state index contributed by atoms with van der Waals surface area (Å²) in [5.74, 6) is -0.0356. The van der Waals surface area contributed by atoms with E-state index in [-0.39, 0.29) is 11.6 Å². The van der Waals surface area contributed by atoms with Crippen LogP contribution in [0.3, 0.4) is 0 Å². The molecule has 0 saturated carbocycles. The highest BCUT2D eigenvalue weighted by atomic mass is 16.6. The van der Waals surface area contributed by atoms with Gasteiger partial charge in [0.15, 0.2) is 5.82 Å². The topological polar surface area (TPSA) is 99.3 Å². The van der Waals surface area contributed by atoms with E-state index in [0.29, 0.717) is 6.54 Å². The van der Waals surface area contributed by atoms with Gasteiger partial charge in [0.05, 0.1) is 17.7 Å². The van der Waals surface area contributed by atoms with Gasteiger partial charge in [0.1, 0.15) is 5.60 Å². The summed E-state index contributed by atoms with van der Waals surface area (Å²) >= 11 is 0. The first-order valence-corrected chi connectivity index (χ1v) is 6.45. The van der Waals surface area contributed by atoms with Gasteiger partial charge in [-0.05, 0) is 32.1 Å². The lowest BCUT2D eigenvalue weighted by molar-refractivity contribution is -0.389. The molecule has 1 aromatic heterocycles. The van der Waals surface area contributed by atoms with E-state index >= 15 is 0 Å². The van der Waals surface area contributed by atoms with E-state index < -0.39 is 16.6 Å². The number of carbonyl (C=O) groups excluding carboxylic acids is 1. The number of nitro groups is 1. The minimum absolute atomic E-state index is 0.263. The van der Waals surface area contributed by atoms with Crippen molar-refractivity contribution in [1.82, 2.24) is 9.78 Å². The highest BCUT2D eigenvalue weighted by Gasteiger charge is 2.22. The third-order valence-corrected chi connectivity index (χ3v) is 2.31. The molecule has 0 atom stereocenters. The lowest BCUT2D eigenvalue weighted by Gasteiger charge is -2.19. The van der Waals surface area contributed by atoms with Crippen molar-refractivity contribution < 1.29 is 14.5 Å². The van der Waals surface area contributed by atoms with Gasteiger partial charge in [0.2, 0.25) is 0 Å². The van der Waals surface area contributed by atoms with Crippen molar-refractivity contribution in [2.45, 2.75) is 52.7 Å². The molecule has 0 unspecified atom stereocenters. The zero-order chi connectivity index (χ0) is 15.3. The van der Waals surface area contributed by atoms with Gasteiger partial charge in [0, 0.05) is 0 Å². The molecule has 8 nitrogen and oxygen atoms in total. The molecule has 0 fully saturated rings. The quantitative estimate of drug-likeness (QED) is 0.662. The van der Waals surface area contributed by atoms with Crippen molar-refractivity contribution in [2.75, 3.05) is 5.32 Å². The molecule has 20 heavy (non-hydrogen) atoms. The fraction of sp³-hybridized carbons (Fsp3) is 0.667. The Morgan fingerprint density at radius 1 is 1.55 bits per heavy atom. The van der Waals surface area contributed by atoms with E-state index in [4.69, 9.17) is 4.74 Å². The maximum Gasteiger partial charge on any atom is 0.413 e. The molecule has 0 aliphatic heterocycles. The summed E-state index contributed by atoms with van der Waals surface area (Å²) < 4.78 is 6.52. The number of unbranched alkanes of at least 4 members (excludes halogenated alkanes) is 1. The molecule has 1 rings (SSSR count). The van der Waals surface area contributed by atoms with Crippen LogP contribution in [-0.4, -0.2) is 26.4 Å². The molecule has 0 spiro atoms. The first-order chi connectivity index (χ1) is 9.23. The third kappa shape index (κ3) is 4.87. The zero-order valence-electron chi connectivity index (χ0n) is 12.2. The lowest BCUT2D eigenvalue weighted by Crippen LogP contribution is -2.28. The van der Waals surface area contributed by atoms with Gasteiger partial charge in [0.25, 0.3) is 0 Å². The Morgan fingerprint density at radius 2 is 2.20 bits per heavy atom. The number of ether oxygens (including phenoxy) is 1. The smallest absolute Gasteiger partial charge is 0.413 e. The Bertz CT molecular complexity index is 490. The van der Waals surface area contributed by atoms with Crippen molar-refractivity contribution >= 4 is 17.7 Å². The van der Waals surface area contributed by atoms with Crippen LogP contribution in [0.4, 0.5) is 16.4 Å². The van der Waals surface area contributed by atoms with Gasteiger partial charge >= 0.3 is 11.9 Å². The van der Waals surface area contributed by atoms with Crippen LogP contribution in [0.15, 0.2) is 6.07 Å². The van der Waals surface area contributed by atoms with Crippen molar-refractivity contribution in [3.63, 3.8) is 0 Å². The molecule has 8 heteroatoms. The van der Waals surface area contributed by atoms with Crippen LogP contribution in [0.2, 0.25) is 0 Å². The molecule has 1 heterocycles. The average molecular weight is 284 g/mol. The van der Waals surface area contributed by atoms with Crippen LogP contribution in [0, 0.1) is 10.1 Å². The summed E-state index contributed by atoms with van der Waals surface area (Å²) in [5, 5.41) is 17.1. The van der Waals surface area contributed by atoms with Crippen molar-refractivity contribution in [2.24, 2.45) is 0 Å². The van der Waals surface area contributed by atoms with E-state index in [2.05, 4.69) is 10.4 Å². The summed E-state index contributed by atoms with van der Waals surface area (Å²) in [6.45, 7) is 7.71. The molecule has 112 valence electrons. The Balaban J connectivity index is 2.86. The first-order valence-electron chi connectivity index (χ1n) is 6.45. The summed E-state index contributed by atoms with van der Waals surface area (Å²) in [7, 11) is 0. The molecule has 0 aliphatic rings. The highest BCUT2D eigenvalue weighted by Crippen LogP contribution is 2.18. The molecule has 0 aliphatic carbocycles. The van der Waals surface area contributed by atoms with Gasteiger partial charge in [-0.25, -0.2) is 4.79 Å². The standard InChI is InChI=1S/C12H20N4O4/c1-5-6-7-15-9(8-10(14-15)16(18)19)13-11(17)20-12(2,3)4/h8H,5-7H2,1-4H3,(H,13,17). The van der Waals surface area contributed by atoms with Crippen LogP contribution >= 0.6 is 0 Å². The number of rotatable bonds is 5. The van der Waals surface area contributed by atoms with Crippen molar-refractivity contribution in [3.05, 3.63) is 16.2 Å². The number of carbonyl (C=O) groups is 1. The Labute approximate surface area is 117 Å². The van der Waals surface area contributed by atoms with Crippen LogP contribution < -0.4 is 5.32 Å². The normalized spacial score (nSPS) is 11.2. The zero-order valence-corrected chi connectivity index (χ0v) is 12.2. The fourth-order valence-corrected chi connectivity index (χ4v) is 1.48. The van der Waals surface area contributed by atoms with E-state index in [1.54, 1.807) is 20.8 Å². The summed E-state index contributed by atoms with van der Waals surface area (Å²) in [5.41, 5.74) is -0.635. The number of anilines is 1. The predicted molar refractivity (Wildman–Crippen MR) is 73.6 cm³/mol. The monoisotopic (exact) mass is 284 g/mol. The SMILES string of the molecule is CCCCn1nc([N+](=O)[O-])cc1NC(=O)OC(C)(C)C. The van der Waals surface area contributed by atoms with Gasteiger partial charge < -0.3 is 14.9 Å². The molecular weight excluding hydrogens is 264 g/mol. The molecular formula is C12H20N4O4. The second kappa shape index (κ2) is 6.36. The molecule has 0 bridgehead atoms. The summed E-state index contributed by atoms with van der Waals surface area (Å²) in [6.07, 6.45) is 1.06. The highest BCUT2D eigenvalue weighted by molar-refractivity contribution is 5.84. The molecule has 0 aromatic carbocycles. The Kier molecular flexibility index (Phi) is 5.06. The second-order valence-electron chi connectivity index (χ2n) is 5.35. The van der Waals surface area contributed by atoms with E-state index in [1.165, 1.54) is 10.7 Å². The first kappa shape index (κ1) is 15.9.